The number of nitrogens with one attached hydrogen (secondary N) is 1. The van der Waals surface area contributed by atoms with Crippen molar-refractivity contribution in [1.29, 1.82) is 0 Å². The molecule has 3 rings (SSSR count). The third kappa shape index (κ3) is 4.37. The zero-order valence-corrected chi connectivity index (χ0v) is 15.9. The van der Waals surface area contributed by atoms with Gasteiger partial charge in [-0.05, 0) is 42.5 Å². The number of nitro groups is 1. The molecule has 0 amide bonds. The maximum absolute atomic E-state index is 11.6. The SMILES string of the molecule is O=[N+]([O-])c1c(Nc2ccc(Cl)c(Cl)c2)ncnc1Sc1ccc(Cl)cc1. The van der Waals surface area contributed by atoms with Crippen molar-refractivity contribution in [3.8, 4) is 0 Å². The lowest BCUT2D eigenvalue weighted by Gasteiger charge is -2.09. The van der Waals surface area contributed by atoms with Crippen LogP contribution in [0.15, 0.2) is 58.7 Å². The molecule has 0 fully saturated rings. The summed E-state index contributed by atoms with van der Waals surface area (Å²) in [6.07, 6.45) is 1.26. The summed E-state index contributed by atoms with van der Waals surface area (Å²) in [5.41, 5.74) is 0.280. The Bertz CT molecular complexity index is 970. The van der Waals surface area contributed by atoms with Gasteiger partial charge in [-0.25, -0.2) is 9.97 Å². The highest BCUT2D eigenvalue weighted by Gasteiger charge is 2.24. The molecule has 26 heavy (non-hydrogen) atoms. The van der Waals surface area contributed by atoms with Crippen molar-refractivity contribution < 1.29 is 4.92 Å². The number of halogens is 3. The molecule has 3 aromatic rings. The van der Waals surface area contributed by atoms with Crippen molar-refractivity contribution in [2.45, 2.75) is 9.92 Å². The summed E-state index contributed by atoms with van der Waals surface area (Å²) in [6.45, 7) is 0. The van der Waals surface area contributed by atoms with Crippen LogP contribution in [-0.4, -0.2) is 14.9 Å². The van der Waals surface area contributed by atoms with Gasteiger partial charge in [-0.3, -0.25) is 10.1 Å². The highest BCUT2D eigenvalue weighted by molar-refractivity contribution is 7.99. The third-order valence-electron chi connectivity index (χ3n) is 3.18. The lowest BCUT2D eigenvalue weighted by molar-refractivity contribution is -0.387. The van der Waals surface area contributed by atoms with Crippen LogP contribution in [0, 0.1) is 10.1 Å². The zero-order valence-electron chi connectivity index (χ0n) is 12.8. The number of rotatable bonds is 5. The Hall–Kier alpha value is -2.06. The molecule has 0 aliphatic carbocycles. The highest BCUT2D eigenvalue weighted by Crippen LogP contribution is 2.38. The van der Waals surface area contributed by atoms with Gasteiger partial charge in [-0.1, -0.05) is 46.6 Å². The second-order valence-electron chi connectivity index (χ2n) is 4.94. The van der Waals surface area contributed by atoms with Crippen LogP contribution in [0.25, 0.3) is 0 Å². The molecule has 0 atom stereocenters. The maximum atomic E-state index is 11.6. The monoisotopic (exact) mass is 426 g/mol. The van der Waals surface area contributed by atoms with Crippen LogP contribution >= 0.6 is 46.6 Å². The molecule has 0 unspecified atom stereocenters. The minimum absolute atomic E-state index is 0.0554. The van der Waals surface area contributed by atoms with E-state index in [4.69, 9.17) is 34.8 Å². The summed E-state index contributed by atoms with van der Waals surface area (Å²) in [5.74, 6) is 0.0554. The number of aromatic nitrogens is 2. The first-order valence-corrected chi connectivity index (χ1v) is 9.04. The molecule has 0 spiro atoms. The first-order chi connectivity index (χ1) is 12.4. The van der Waals surface area contributed by atoms with Crippen molar-refractivity contribution in [2.24, 2.45) is 0 Å². The van der Waals surface area contributed by atoms with E-state index in [0.29, 0.717) is 20.8 Å². The van der Waals surface area contributed by atoms with Gasteiger partial charge >= 0.3 is 5.69 Å². The van der Waals surface area contributed by atoms with Crippen LogP contribution in [0.4, 0.5) is 17.2 Å². The van der Waals surface area contributed by atoms with E-state index in [2.05, 4.69) is 15.3 Å². The van der Waals surface area contributed by atoms with E-state index in [-0.39, 0.29) is 16.5 Å². The Morgan fingerprint density at radius 3 is 2.38 bits per heavy atom. The standard InChI is InChI=1S/C16H9Cl3N4O2S/c17-9-1-4-11(5-2-9)26-16-14(23(24)25)15(20-8-21-16)22-10-3-6-12(18)13(19)7-10/h1-8H,(H,20,21,22). The Kier molecular flexibility index (Phi) is 5.83. The van der Waals surface area contributed by atoms with Gasteiger partial charge in [0.25, 0.3) is 0 Å². The molecule has 1 aromatic heterocycles. The molecule has 0 saturated heterocycles. The quantitative estimate of drug-likeness (QED) is 0.295. The lowest BCUT2D eigenvalue weighted by atomic mass is 10.3. The zero-order chi connectivity index (χ0) is 18.7. The molecule has 1 heterocycles. The molecule has 0 radical (unpaired) electrons. The van der Waals surface area contributed by atoms with Crippen molar-refractivity contribution in [3.05, 3.63) is 74.0 Å². The molecule has 132 valence electrons. The van der Waals surface area contributed by atoms with Gasteiger partial charge < -0.3 is 5.32 Å². The average molecular weight is 428 g/mol. The van der Waals surface area contributed by atoms with Gasteiger partial charge in [0.2, 0.25) is 5.82 Å². The summed E-state index contributed by atoms with van der Waals surface area (Å²) >= 11 is 18.9. The summed E-state index contributed by atoms with van der Waals surface area (Å²) in [5, 5.41) is 16.0. The third-order valence-corrected chi connectivity index (χ3v) is 5.17. The van der Waals surface area contributed by atoms with Gasteiger partial charge in [0.1, 0.15) is 6.33 Å². The summed E-state index contributed by atoms with van der Waals surface area (Å²) in [7, 11) is 0. The topological polar surface area (TPSA) is 81.0 Å². The summed E-state index contributed by atoms with van der Waals surface area (Å²) < 4.78 is 0. The molecule has 0 saturated carbocycles. The average Bonchev–Trinajstić information content (AvgIpc) is 2.60. The Morgan fingerprint density at radius 1 is 1.00 bits per heavy atom. The molecule has 2 aromatic carbocycles. The minimum atomic E-state index is -0.530. The molecule has 1 N–H and O–H groups in total. The number of hydrogen-bond donors (Lipinski definition) is 1. The maximum Gasteiger partial charge on any atom is 0.343 e. The summed E-state index contributed by atoms with van der Waals surface area (Å²) in [6, 6.07) is 11.7. The normalized spacial score (nSPS) is 10.6. The van der Waals surface area contributed by atoms with Gasteiger partial charge in [0.05, 0.1) is 15.0 Å². The van der Waals surface area contributed by atoms with Crippen molar-refractivity contribution in [2.75, 3.05) is 5.32 Å². The van der Waals surface area contributed by atoms with E-state index in [1.807, 2.05) is 0 Å². The number of hydrogen-bond acceptors (Lipinski definition) is 6. The first kappa shape index (κ1) is 18.7. The first-order valence-electron chi connectivity index (χ1n) is 7.09. The van der Waals surface area contributed by atoms with E-state index >= 15 is 0 Å². The van der Waals surface area contributed by atoms with Crippen LogP contribution in [0.1, 0.15) is 0 Å². The molecular weight excluding hydrogens is 419 g/mol. The highest BCUT2D eigenvalue weighted by atomic mass is 35.5. The van der Waals surface area contributed by atoms with Gasteiger partial charge in [0, 0.05) is 15.6 Å². The van der Waals surface area contributed by atoms with Crippen LogP contribution < -0.4 is 5.32 Å². The fourth-order valence-corrected chi connectivity index (χ4v) is 3.31. The fraction of sp³-hybridized carbons (Fsp3) is 0. The van der Waals surface area contributed by atoms with Gasteiger partial charge in [-0.15, -0.1) is 0 Å². The molecule has 0 aliphatic heterocycles. The second kappa shape index (κ2) is 8.09. The summed E-state index contributed by atoms with van der Waals surface area (Å²) in [4.78, 5) is 19.9. The van der Waals surface area contributed by atoms with Crippen LogP contribution in [0.5, 0.6) is 0 Å². The van der Waals surface area contributed by atoms with Crippen LogP contribution in [0.2, 0.25) is 15.1 Å². The van der Waals surface area contributed by atoms with Crippen molar-refractivity contribution >= 4 is 63.8 Å². The number of benzene rings is 2. The predicted octanol–water partition coefficient (Wildman–Crippen LogP) is 6.24. The van der Waals surface area contributed by atoms with Crippen molar-refractivity contribution in [3.63, 3.8) is 0 Å². The molecule has 10 heteroatoms. The Labute approximate surface area is 167 Å². The molecular formula is C16H9Cl3N4O2S. The van der Waals surface area contributed by atoms with Crippen LogP contribution in [0.3, 0.4) is 0 Å². The minimum Gasteiger partial charge on any atom is -0.334 e. The van der Waals surface area contributed by atoms with E-state index < -0.39 is 4.92 Å². The smallest absolute Gasteiger partial charge is 0.334 e. The van der Waals surface area contributed by atoms with E-state index in [1.165, 1.54) is 6.33 Å². The Morgan fingerprint density at radius 2 is 1.73 bits per heavy atom. The van der Waals surface area contributed by atoms with Crippen molar-refractivity contribution in [1.82, 2.24) is 9.97 Å². The van der Waals surface area contributed by atoms with E-state index in [1.54, 1.807) is 42.5 Å². The number of anilines is 2. The van der Waals surface area contributed by atoms with E-state index in [0.717, 1.165) is 16.7 Å². The molecule has 0 bridgehead atoms. The number of nitrogens with zero attached hydrogens (tertiary/aromatic N) is 3. The second-order valence-corrected chi connectivity index (χ2v) is 7.26. The van der Waals surface area contributed by atoms with Gasteiger partial charge in [0.15, 0.2) is 5.03 Å². The Balaban J connectivity index is 1.96. The lowest BCUT2D eigenvalue weighted by Crippen LogP contribution is -2.02. The largest absolute Gasteiger partial charge is 0.343 e. The fourth-order valence-electron chi connectivity index (χ4n) is 2.02. The molecule has 0 aliphatic rings. The van der Waals surface area contributed by atoms with E-state index in [9.17, 15) is 10.1 Å². The molecule has 6 nitrogen and oxygen atoms in total. The van der Waals surface area contributed by atoms with Gasteiger partial charge in [-0.2, -0.15) is 0 Å². The van der Waals surface area contributed by atoms with Crippen LogP contribution in [-0.2, 0) is 0 Å². The predicted molar refractivity (Wildman–Crippen MR) is 104 cm³/mol.